The first kappa shape index (κ1) is 11.0. The number of nitrogens with zero attached hydrogens (tertiary/aromatic N) is 1. The van der Waals surface area contributed by atoms with E-state index >= 15 is 0 Å². The molecule has 72 valence electrons. The number of benzene rings is 1. The van der Waals surface area contributed by atoms with Gasteiger partial charge in [0.1, 0.15) is 0 Å². The number of nitriles is 1. The molecule has 0 spiro atoms. The van der Waals surface area contributed by atoms with E-state index in [1.54, 1.807) is 0 Å². The summed E-state index contributed by atoms with van der Waals surface area (Å²) in [6, 6.07) is 9.63. The van der Waals surface area contributed by atoms with Gasteiger partial charge in [0.05, 0.1) is 0 Å². The van der Waals surface area contributed by atoms with Crippen LogP contribution < -0.4 is 0 Å². The average molecular weight is 252 g/mol. The van der Waals surface area contributed by atoms with Crippen LogP contribution in [0.4, 0.5) is 0 Å². The number of aryl methyl sites for hydroxylation is 1. The van der Waals surface area contributed by atoms with Crippen LogP contribution in [0.2, 0.25) is 5.32 Å². The van der Waals surface area contributed by atoms with Crippen LogP contribution in [0.3, 0.4) is 0 Å². The Morgan fingerprint density at radius 3 is 2.64 bits per heavy atom. The van der Waals surface area contributed by atoms with Gasteiger partial charge in [0.25, 0.3) is 0 Å². The Morgan fingerprint density at radius 1 is 1.43 bits per heavy atom. The quantitative estimate of drug-likeness (QED) is 0.608. The van der Waals surface area contributed by atoms with Gasteiger partial charge in [-0.05, 0) is 0 Å². The van der Waals surface area contributed by atoms with Crippen molar-refractivity contribution in [3.8, 4) is 6.07 Å². The molecule has 2 nitrogen and oxygen atoms in total. The van der Waals surface area contributed by atoms with Crippen LogP contribution in [-0.2, 0) is 0 Å². The molecule has 14 heavy (non-hydrogen) atoms. The van der Waals surface area contributed by atoms with Crippen molar-refractivity contribution < 1.29 is 4.79 Å². The Labute approximate surface area is 90.1 Å². The van der Waals surface area contributed by atoms with E-state index in [4.69, 9.17) is 5.26 Å². The predicted octanol–water partition coefficient (Wildman–Crippen LogP) is 2.17. The van der Waals surface area contributed by atoms with Gasteiger partial charge >= 0.3 is 89.8 Å². The average Bonchev–Trinajstić information content (AvgIpc) is 2.19. The second-order valence-electron chi connectivity index (χ2n) is 2.91. The maximum atomic E-state index is 11.5. The first-order chi connectivity index (χ1) is 6.74. The van der Waals surface area contributed by atoms with Crippen LogP contribution in [0.25, 0.3) is 0 Å². The first-order valence-electron chi connectivity index (χ1n) is 4.35. The third-order valence-corrected chi connectivity index (χ3v) is 3.64. The van der Waals surface area contributed by atoms with Crippen LogP contribution in [0.15, 0.2) is 24.3 Å². The van der Waals surface area contributed by atoms with Gasteiger partial charge < -0.3 is 0 Å². The van der Waals surface area contributed by atoms with Gasteiger partial charge in [-0.3, -0.25) is 0 Å². The molecule has 3 heteroatoms. The second-order valence-corrected chi connectivity index (χ2v) is 5.15. The van der Waals surface area contributed by atoms with Crippen molar-refractivity contribution >= 4 is 19.6 Å². The van der Waals surface area contributed by atoms with Gasteiger partial charge in [-0.1, -0.05) is 0 Å². The van der Waals surface area contributed by atoms with Crippen molar-refractivity contribution in [2.75, 3.05) is 0 Å². The monoisotopic (exact) mass is 253 g/mol. The minimum absolute atomic E-state index is 0.0784. The van der Waals surface area contributed by atoms with Gasteiger partial charge in [-0.25, -0.2) is 0 Å². The summed E-state index contributed by atoms with van der Waals surface area (Å²) in [4.78, 5) is 11.5. The Kier molecular flexibility index (Phi) is 4.38. The molecule has 0 bridgehead atoms. The van der Waals surface area contributed by atoms with E-state index in [1.165, 1.54) is 0 Å². The summed E-state index contributed by atoms with van der Waals surface area (Å²) < 4.78 is 0.188. The molecule has 0 saturated heterocycles. The topological polar surface area (TPSA) is 40.9 Å². The van der Waals surface area contributed by atoms with E-state index in [0.29, 0.717) is 6.42 Å². The van der Waals surface area contributed by atoms with Crippen LogP contribution in [0.1, 0.15) is 22.3 Å². The third-order valence-electron chi connectivity index (χ3n) is 1.73. The van der Waals surface area contributed by atoms with E-state index in [9.17, 15) is 4.79 Å². The molecule has 0 amide bonds. The van der Waals surface area contributed by atoms with Crippen LogP contribution >= 0.6 is 0 Å². The van der Waals surface area contributed by atoms with E-state index in [2.05, 4.69) is 0 Å². The van der Waals surface area contributed by atoms with Gasteiger partial charge in [0.2, 0.25) is 0 Å². The number of carbonyl (C=O) groups is 1. The molecule has 0 heterocycles. The molecule has 0 aliphatic carbocycles. The SMILES string of the molecule is Cc1ccc(C(=O)[Se]CCC#N)cc1. The molecule has 0 radical (unpaired) electrons. The van der Waals surface area contributed by atoms with Crippen molar-refractivity contribution in [3.05, 3.63) is 35.4 Å². The fourth-order valence-electron chi connectivity index (χ4n) is 0.962. The molecule has 0 aliphatic rings. The Balaban J connectivity index is 2.53. The number of hydrogen-bond acceptors (Lipinski definition) is 2. The van der Waals surface area contributed by atoms with Crippen molar-refractivity contribution in [3.63, 3.8) is 0 Å². The predicted molar refractivity (Wildman–Crippen MR) is 56.3 cm³/mol. The van der Waals surface area contributed by atoms with Gasteiger partial charge in [0, 0.05) is 0 Å². The Hall–Kier alpha value is -1.10. The molecule has 1 rings (SSSR count). The zero-order valence-corrected chi connectivity index (χ0v) is 9.70. The maximum absolute atomic E-state index is 11.5. The van der Waals surface area contributed by atoms with Gasteiger partial charge in [-0.2, -0.15) is 0 Å². The van der Waals surface area contributed by atoms with Crippen LogP contribution in [0, 0.1) is 18.3 Å². The summed E-state index contributed by atoms with van der Waals surface area (Å²) in [6.07, 6.45) is 0.484. The van der Waals surface area contributed by atoms with Crippen molar-refractivity contribution in [2.45, 2.75) is 18.7 Å². The van der Waals surface area contributed by atoms with E-state index in [-0.39, 0.29) is 19.6 Å². The molecule has 0 atom stereocenters. The molecule has 0 unspecified atom stereocenters. The molecule has 1 aromatic rings. The van der Waals surface area contributed by atoms with E-state index in [0.717, 1.165) is 16.4 Å². The Bertz CT molecular complexity index is 351. The summed E-state index contributed by atoms with van der Waals surface area (Å²) in [5, 5.41) is 9.05. The van der Waals surface area contributed by atoms with E-state index < -0.39 is 0 Å². The fourth-order valence-corrected chi connectivity index (χ4v) is 2.39. The number of carbonyl (C=O) groups excluding carboxylic acids is 1. The minimum atomic E-state index is -0.0784. The molecule has 0 fully saturated rings. The zero-order chi connectivity index (χ0) is 10.4. The van der Waals surface area contributed by atoms with Crippen molar-refractivity contribution in [1.82, 2.24) is 0 Å². The van der Waals surface area contributed by atoms with Gasteiger partial charge in [0.15, 0.2) is 0 Å². The normalized spacial score (nSPS) is 9.43. The van der Waals surface area contributed by atoms with Crippen LogP contribution in [0.5, 0.6) is 0 Å². The molecule has 0 aromatic heterocycles. The summed E-state index contributed by atoms with van der Waals surface area (Å²) in [7, 11) is 0. The second kappa shape index (κ2) is 5.59. The molecule has 1 aromatic carbocycles. The molecule has 0 aliphatic heterocycles. The standard InChI is InChI=1S/C11H11NOSe/c1-9-3-5-10(6-4-9)11(13)14-8-2-7-12/h3-6H,2,8H2,1H3. The van der Waals surface area contributed by atoms with Gasteiger partial charge in [-0.15, -0.1) is 0 Å². The van der Waals surface area contributed by atoms with Crippen molar-refractivity contribution in [2.24, 2.45) is 0 Å². The third kappa shape index (κ3) is 3.33. The first-order valence-corrected chi connectivity index (χ1v) is 6.41. The molecular formula is C11H11NOSe. The van der Waals surface area contributed by atoms with Crippen molar-refractivity contribution in [1.29, 1.82) is 5.26 Å². The van der Waals surface area contributed by atoms with Crippen LogP contribution in [-0.4, -0.2) is 19.6 Å². The number of rotatable bonds is 4. The number of hydrogen-bond donors (Lipinski definition) is 0. The molecule has 0 saturated carbocycles. The zero-order valence-electron chi connectivity index (χ0n) is 7.99. The molecule has 0 N–H and O–H groups in total. The fraction of sp³-hybridized carbons (Fsp3) is 0.273. The summed E-state index contributed by atoms with van der Waals surface area (Å²) >= 11 is -0.0784. The van der Waals surface area contributed by atoms with E-state index in [1.807, 2.05) is 37.3 Å². The Morgan fingerprint density at radius 2 is 2.07 bits per heavy atom. The summed E-state index contributed by atoms with van der Waals surface area (Å²) in [6.45, 7) is 2.00. The summed E-state index contributed by atoms with van der Waals surface area (Å²) in [5.74, 6) is 0. The molecular weight excluding hydrogens is 241 g/mol. The summed E-state index contributed by atoms with van der Waals surface area (Å²) in [5.41, 5.74) is 1.93.